The first kappa shape index (κ1) is 23.8. The lowest BCUT2D eigenvalue weighted by molar-refractivity contribution is -0.113. The van der Waals surface area contributed by atoms with Crippen molar-refractivity contribution >= 4 is 73.5 Å². The predicted molar refractivity (Wildman–Crippen MR) is 143 cm³/mol. The SMILES string of the molecule is CCOc1cc(/C=C2\SC(=S)N(c3ccc(Br)cc3)C2=O)cc(Cl)c1OCc1ccccc1. The van der Waals surface area contributed by atoms with Gasteiger partial charge in [-0.3, -0.25) is 9.69 Å². The highest BCUT2D eigenvalue weighted by Gasteiger charge is 2.33. The number of amides is 1. The van der Waals surface area contributed by atoms with Gasteiger partial charge in [0, 0.05) is 4.47 Å². The van der Waals surface area contributed by atoms with E-state index in [9.17, 15) is 4.79 Å². The van der Waals surface area contributed by atoms with Crippen LogP contribution in [0, 0.1) is 0 Å². The van der Waals surface area contributed by atoms with Crippen LogP contribution in [0.4, 0.5) is 5.69 Å². The average molecular weight is 561 g/mol. The predicted octanol–water partition coefficient (Wildman–Crippen LogP) is 7.49. The van der Waals surface area contributed by atoms with E-state index in [2.05, 4.69) is 15.9 Å². The van der Waals surface area contributed by atoms with Gasteiger partial charge in [-0.05, 0) is 60.5 Å². The number of rotatable bonds is 7. The van der Waals surface area contributed by atoms with E-state index in [0.29, 0.717) is 39.0 Å². The molecule has 0 saturated carbocycles. The van der Waals surface area contributed by atoms with E-state index < -0.39 is 0 Å². The summed E-state index contributed by atoms with van der Waals surface area (Å²) in [7, 11) is 0. The standard InChI is InChI=1S/C25H19BrClNO3S2/c1-2-30-21-13-17(12-20(27)23(21)31-15-16-6-4-3-5-7-16)14-22-24(29)28(25(32)33-22)19-10-8-18(26)9-11-19/h3-14H,2,15H2,1H3/b22-14-. The first-order valence-corrected chi connectivity index (χ1v) is 12.5. The first-order valence-electron chi connectivity index (χ1n) is 10.1. The lowest BCUT2D eigenvalue weighted by Gasteiger charge is -2.15. The highest BCUT2D eigenvalue weighted by atomic mass is 79.9. The summed E-state index contributed by atoms with van der Waals surface area (Å²) in [5, 5.41) is 0.409. The maximum atomic E-state index is 13.1. The number of benzene rings is 3. The van der Waals surface area contributed by atoms with Gasteiger partial charge in [0.1, 0.15) is 6.61 Å². The quantitative estimate of drug-likeness (QED) is 0.221. The molecule has 0 unspecified atom stereocenters. The zero-order valence-corrected chi connectivity index (χ0v) is 21.6. The second-order valence-corrected chi connectivity index (χ2v) is 10.0. The maximum absolute atomic E-state index is 13.1. The van der Waals surface area contributed by atoms with Crippen molar-refractivity contribution in [3.8, 4) is 11.5 Å². The van der Waals surface area contributed by atoms with Gasteiger partial charge in [-0.25, -0.2) is 0 Å². The van der Waals surface area contributed by atoms with Gasteiger partial charge in [0.25, 0.3) is 5.91 Å². The maximum Gasteiger partial charge on any atom is 0.270 e. The molecule has 1 fully saturated rings. The Hall–Kier alpha value is -2.32. The number of thiocarbonyl (C=S) groups is 1. The monoisotopic (exact) mass is 559 g/mol. The fraction of sp³-hybridized carbons (Fsp3) is 0.120. The molecule has 0 atom stereocenters. The molecular formula is C25H19BrClNO3S2. The van der Waals surface area contributed by atoms with Crippen molar-refractivity contribution in [3.63, 3.8) is 0 Å². The Labute approximate surface area is 215 Å². The van der Waals surface area contributed by atoms with Crippen LogP contribution < -0.4 is 14.4 Å². The van der Waals surface area contributed by atoms with Crippen molar-refractivity contribution in [2.45, 2.75) is 13.5 Å². The van der Waals surface area contributed by atoms with E-state index in [1.165, 1.54) is 16.7 Å². The Morgan fingerprint density at radius 1 is 1.09 bits per heavy atom. The number of anilines is 1. The average Bonchev–Trinajstić information content (AvgIpc) is 3.07. The number of hydrogen-bond donors (Lipinski definition) is 0. The molecule has 1 aliphatic heterocycles. The minimum atomic E-state index is -0.175. The number of halogens is 2. The van der Waals surface area contributed by atoms with Gasteiger partial charge in [-0.1, -0.05) is 81.8 Å². The van der Waals surface area contributed by atoms with Crippen LogP contribution in [-0.4, -0.2) is 16.8 Å². The summed E-state index contributed by atoms with van der Waals surface area (Å²) in [6.07, 6.45) is 1.77. The largest absolute Gasteiger partial charge is 0.490 e. The van der Waals surface area contributed by atoms with Gasteiger partial charge in [-0.15, -0.1) is 0 Å². The third-order valence-corrected chi connectivity index (χ3v) is 6.85. The molecule has 0 bridgehead atoms. The van der Waals surface area contributed by atoms with Gasteiger partial charge >= 0.3 is 0 Å². The molecule has 168 valence electrons. The second kappa shape index (κ2) is 10.7. The number of thioether (sulfide) groups is 1. The fourth-order valence-corrected chi connectivity index (χ4v) is 5.07. The lowest BCUT2D eigenvalue weighted by Crippen LogP contribution is -2.27. The molecule has 1 heterocycles. The number of carbonyl (C=O) groups is 1. The second-order valence-electron chi connectivity index (χ2n) is 7.03. The molecule has 4 rings (SSSR count). The molecular weight excluding hydrogens is 542 g/mol. The van der Waals surface area contributed by atoms with Crippen LogP contribution in [0.2, 0.25) is 5.02 Å². The minimum absolute atomic E-state index is 0.175. The van der Waals surface area contributed by atoms with Gasteiger partial charge in [-0.2, -0.15) is 0 Å². The third-order valence-electron chi connectivity index (χ3n) is 4.73. The summed E-state index contributed by atoms with van der Waals surface area (Å²) < 4.78 is 13.2. The topological polar surface area (TPSA) is 38.8 Å². The minimum Gasteiger partial charge on any atom is -0.490 e. The lowest BCUT2D eigenvalue weighted by atomic mass is 10.1. The molecule has 8 heteroatoms. The zero-order valence-electron chi connectivity index (χ0n) is 17.6. The Bertz CT molecular complexity index is 1220. The summed E-state index contributed by atoms with van der Waals surface area (Å²) in [6.45, 7) is 2.71. The van der Waals surface area contributed by atoms with E-state index in [1.807, 2.05) is 67.6 Å². The van der Waals surface area contributed by atoms with E-state index in [-0.39, 0.29) is 5.91 Å². The van der Waals surface area contributed by atoms with Crippen molar-refractivity contribution in [1.82, 2.24) is 0 Å². The van der Waals surface area contributed by atoms with E-state index in [1.54, 1.807) is 12.1 Å². The molecule has 1 amide bonds. The molecule has 3 aromatic carbocycles. The van der Waals surface area contributed by atoms with Crippen LogP contribution in [0.25, 0.3) is 6.08 Å². The van der Waals surface area contributed by atoms with Crippen LogP contribution in [0.3, 0.4) is 0 Å². The Morgan fingerprint density at radius 3 is 2.52 bits per heavy atom. The van der Waals surface area contributed by atoms with Gasteiger partial charge in [0.15, 0.2) is 15.8 Å². The molecule has 33 heavy (non-hydrogen) atoms. The van der Waals surface area contributed by atoms with E-state index in [4.69, 9.17) is 33.3 Å². The molecule has 0 aromatic heterocycles. The van der Waals surface area contributed by atoms with Crippen molar-refractivity contribution in [2.24, 2.45) is 0 Å². The molecule has 0 spiro atoms. The summed E-state index contributed by atoms with van der Waals surface area (Å²) in [4.78, 5) is 15.1. The van der Waals surface area contributed by atoms with Crippen LogP contribution in [0.1, 0.15) is 18.1 Å². The molecule has 1 aliphatic rings. The molecule has 0 N–H and O–H groups in total. The summed E-state index contributed by atoms with van der Waals surface area (Å²) in [6, 6.07) is 20.9. The number of hydrogen-bond acceptors (Lipinski definition) is 5. The van der Waals surface area contributed by atoms with Crippen LogP contribution >= 0.6 is 51.5 Å². The van der Waals surface area contributed by atoms with E-state index in [0.717, 1.165) is 21.3 Å². The van der Waals surface area contributed by atoms with Gasteiger partial charge < -0.3 is 9.47 Å². The molecule has 0 radical (unpaired) electrons. The summed E-state index contributed by atoms with van der Waals surface area (Å²) >= 11 is 16.7. The van der Waals surface area contributed by atoms with Crippen molar-refractivity contribution in [2.75, 3.05) is 11.5 Å². The van der Waals surface area contributed by atoms with Gasteiger partial charge in [0.05, 0.1) is 22.2 Å². The molecule has 1 saturated heterocycles. The highest BCUT2D eigenvalue weighted by Crippen LogP contribution is 2.40. The Morgan fingerprint density at radius 2 is 1.82 bits per heavy atom. The van der Waals surface area contributed by atoms with Gasteiger partial charge in [0.2, 0.25) is 0 Å². The number of ether oxygens (including phenoxy) is 2. The summed E-state index contributed by atoms with van der Waals surface area (Å²) in [5.74, 6) is 0.823. The Kier molecular flexibility index (Phi) is 7.75. The number of carbonyl (C=O) groups excluding carboxylic acids is 1. The number of nitrogens with zero attached hydrogens (tertiary/aromatic N) is 1. The molecule has 4 nitrogen and oxygen atoms in total. The highest BCUT2D eigenvalue weighted by molar-refractivity contribution is 9.10. The Balaban J connectivity index is 1.60. The van der Waals surface area contributed by atoms with Crippen LogP contribution in [0.15, 0.2) is 76.1 Å². The van der Waals surface area contributed by atoms with Crippen molar-refractivity contribution in [3.05, 3.63) is 92.3 Å². The van der Waals surface area contributed by atoms with Crippen LogP contribution in [0.5, 0.6) is 11.5 Å². The normalized spacial score (nSPS) is 14.8. The molecule has 0 aliphatic carbocycles. The zero-order chi connectivity index (χ0) is 23.4. The summed E-state index contributed by atoms with van der Waals surface area (Å²) in [5.41, 5.74) is 2.48. The fourth-order valence-electron chi connectivity index (χ4n) is 3.24. The molecule has 3 aromatic rings. The van der Waals surface area contributed by atoms with Crippen LogP contribution in [-0.2, 0) is 11.4 Å². The van der Waals surface area contributed by atoms with Crippen molar-refractivity contribution in [1.29, 1.82) is 0 Å². The third kappa shape index (κ3) is 5.61. The first-order chi connectivity index (χ1) is 16.0. The smallest absolute Gasteiger partial charge is 0.270 e. The van der Waals surface area contributed by atoms with Crippen molar-refractivity contribution < 1.29 is 14.3 Å². The van der Waals surface area contributed by atoms with E-state index >= 15 is 0 Å².